The minimum atomic E-state index is -0.228. The molecule has 0 heterocycles. The van der Waals surface area contributed by atoms with Crippen LogP contribution in [0.3, 0.4) is 0 Å². The first-order valence-corrected chi connectivity index (χ1v) is 6.44. The molecule has 100 valence electrons. The number of hydrogen-bond acceptors (Lipinski definition) is 2. The maximum Gasteiger partial charge on any atom is 0.137 e. The highest BCUT2D eigenvalue weighted by molar-refractivity contribution is 5.83. The predicted molar refractivity (Wildman–Crippen MR) is 73.9 cm³/mol. The van der Waals surface area contributed by atoms with E-state index in [-0.39, 0.29) is 11.6 Å². The highest BCUT2D eigenvalue weighted by Crippen LogP contribution is 2.25. The number of carbonyl (C=O) groups is 1. The number of rotatable bonds is 4. The Morgan fingerprint density at radius 1 is 1.32 bits per heavy atom. The molecule has 1 aromatic carbocycles. The molecule has 0 spiro atoms. The fraction of sp³-hybridized carbons (Fsp3) is 0.312. The molecule has 0 unspecified atom stereocenters. The largest absolute Gasteiger partial charge is 0.384 e. The lowest BCUT2D eigenvalue weighted by molar-refractivity contribution is -0.118. The van der Waals surface area contributed by atoms with Crippen LogP contribution in [-0.4, -0.2) is 5.78 Å². The highest BCUT2D eigenvalue weighted by Gasteiger charge is 2.18. The number of benzene rings is 1. The summed E-state index contributed by atoms with van der Waals surface area (Å²) in [5.41, 5.74) is 4.08. The molecule has 1 N–H and O–H groups in total. The van der Waals surface area contributed by atoms with E-state index in [0.29, 0.717) is 19.4 Å². The first-order chi connectivity index (χ1) is 9.06. The van der Waals surface area contributed by atoms with Gasteiger partial charge in [0.2, 0.25) is 0 Å². The van der Waals surface area contributed by atoms with E-state index in [1.807, 2.05) is 6.92 Å². The number of carbonyl (C=O) groups excluding carboxylic acids is 1. The lowest BCUT2D eigenvalue weighted by Gasteiger charge is -2.21. The maximum atomic E-state index is 12.8. The molecule has 0 aromatic heterocycles. The molecule has 1 aliphatic rings. The Morgan fingerprint density at radius 3 is 2.63 bits per heavy atom. The van der Waals surface area contributed by atoms with Crippen molar-refractivity contribution in [2.45, 2.75) is 32.7 Å². The molecule has 1 aliphatic carbocycles. The van der Waals surface area contributed by atoms with E-state index in [4.69, 9.17) is 0 Å². The fourth-order valence-electron chi connectivity index (χ4n) is 2.22. The zero-order chi connectivity index (χ0) is 13.8. The summed E-state index contributed by atoms with van der Waals surface area (Å²) in [7, 11) is 0. The molecule has 3 heteroatoms. The Morgan fingerprint density at radius 2 is 2.00 bits per heavy atom. The van der Waals surface area contributed by atoms with E-state index < -0.39 is 0 Å². The second-order valence-electron chi connectivity index (χ2n) is 4.93. The molecule has 2 rings (SSSR count). The van der Waals surface area contributed by atoms with Gasteiger partial charge in [-0.25, -0.2) is 4.39 Å². The molecule has 1 aromatic rings. The van der Waals surface area contributed by atoms with Gasteiger partial charge in [-0.05, 0) is 36.6 Å². The fourth-order valence-corrected chi connectivity index (χ4v) is 2.22. The van der Waals surface area contributed by atoms with Gasteiger partial charge in [-0.15, -0.1) is 0 Å². The van der Waals surface area contributed by atoms with Crippen molar-refractivity contribution >= 4 is 5.78 Å². The van der Waals surface area contributed by atoms with Gasteiger partial charge in [0, 0.05) is 25.1 Å². The van der Waals surface area contributed by atoms with Crippen LogP contribution in [0, 0.1) is 5.82 Å². The zero-order valence-electron chi connectivity index (χ0n) is 11.1. The van der Waals surface area contributed by atoms with Gasteiger partial charge in [-0.1, -0.05) is 24.3 Å². The van der Waals surface area contributed by atoms with Crippen molar-refractivity contribution in [3.63, 3.8) is 0 Å². The minimum Gasteiger partial charge on any atom is -0.384 e. The molecule has 0 amide bonds. The van der Waals surface area contributed by atoms with E-state index >= 15 is 0 Å². The minimum absolute atomic E-state index is 0.228. The Hall–Kier alpha value is -1.90. The van der Waals surface area contributed by atoms with E-state index in [1.165, 1.54) is 12.1 Å². The van der Waals surface area contributed by atoms with Gasteiger partial charge in [0.15, 0.2) is 0 Å². The van der Waals surface area contributed by atoms with Gasteiger partial charge in [-0.2, -0.15) is 0 Å². The van der Waals surface area contributed by atoms with Gasteiger partial charge in [0.1, 0.15) is 11.6 Å². The summed E-state index contributed by atoms with van der Waals surface area (Å²) in [4.78, 5) is 11.5. The summed E-state index contributed by atoms with van der Waals surface area (Å²) in [5.74, 6) is 0.0409. The second kappa shape index (κ2) is 5.83. The van der Waals surface area contributed by atoms with Gasteiger partial charge >= 0.3 is 0 Å². The normalized spacial score (nSPS) is 15.6. The van der Waals surface area contributed by atoms with Crippen molar-refractivity contribution in [2.24, 2.45) is 0 Å². The summed E-state index contributed by atoms with van der Waals surface area (Å²) in [6, 6.07) is 6.43. The van der Waals surface area contributed by atoms with E-state index in [0.717, 1.165) is 28.8 Å². The first-order valence-electron chi connectivity index (χ1n) is 6.44. The number of hydrogen-bond donors (Lipinski definition) is 1. The van der Waals surface area contributed by atoms with Gasteiger partial charge in [0.05, 0.1) is 0 Å². The third-order valence-electron chi connectivity index (χ3n) is 3.33. The lowest BCUT2D eigenvalue weighted by Crippen LogP contribution is -2.21. The van der Waals surface area contributed by atoms with Crippen molar-refractivity contribution in [1.29, 1.82) is 0 Å². The number of nitrogens with one attached hydrogen (secondary N) is 1. The molecule has 0 fully saturated rings. The molecule has 0 radical (unpaired) electrons. The van der Waals surface area contributed by atoms with Gasteiger partial charge < -0.3 is 5.32 Å². The molecule has 2 nitrogen and oxygen atoms in total. The molecule has 0 atom stereocenters. The molecular formula is C16H18FNO. The number of ketones is 1. The number of halogens is 1. The van der Waals surface area contributed by atoms with Crippen LogP contribution in [0.25, 0.3) is 0 Å². The van der Waals surface area contributed by atoms with E-state index in [9.17, 15) is 9.18 Å². The average Bonchev–Trinajstić information content (AvgIpc) is 2.39. The summed E-state index contributed by atoms with van der Waals surface area (Å²) < 4.78 is 12.8. The highest BCUT2D eigenvalue weighted by atomic mass is 19.1. The van der Waals surface area contributed by atoms with Crippen LogP contribution >= 0.6 is 0 Å². The van der Waals surface area contributed by atoms with E-state index in [1.54, 1.807) is 12.1 Å². The third-order valence-corrected chi connectivity index (χ3v) is 3.33. The van der Waals surface area contributed by atoms with Crippen LogP contribution in [0.4, 0.5) is 4.39 Å². The number of allylic oxidation sites excluding steroid dienone is 3. The molecular weight excluding hydrogens is 241 g/mol. The Labute approximate surface area is 113 Å². The summed E-state index contributed by atoms with van der Waals surface area (Å²) in [6.45, 7) is 6.49. The van der Waals surface area contributed by atoms with Crippen LogP contribution < -0.4 is 5.32 Å². The van der Waals surface area contributed by atoms with Gasteiger partial charge in [-0.3, -0.25) is 4.79 Å². The average molecular weight is 259 g/mol. The monoisotopic (exact) mass is 259 g/mol. The Bertz CT molecular complexity index is 528. The molecule has 19 heavy (non-hydrogen) atoms. The van der Waals surface area contributed by atoms with Crippen molar-refractivity contribution in [2.75, 3.05) is 0 Å². The van der Waals surface area contributed by atoms with Crippen LogP contribution in [-0.2, 0) is 11.3 Å². The lowest BCUT2D eigenvalue weighted by atomic mass is 9.91. The quantitative estimate of drug-likeness (QED) is 0.896. The van der Waals surface area contributed by atoms with Crippen LogP contribution in [0.5, 0.6) is 0 Å². The smallest absolute Gasteiger partial charge is 0.137 e. The molecule has 0 saturated heterocycles. The molecule has 0 saturated carbocycles. The van der Waals surface area contributed by atoms with E-state index in [2.05, 4.69) is 11.9 Å². The van der Waals surface area contributed by atoms with Crippen molar-refractivity contribution < 1.29 is 9.18 Å². The predicted octanol–water partition coefficient (Wildman–Crippen LogP) is 3.50. The SMILES string of the molecule is C=C(C)C1=C(NCc2ccc(F)cc2)CCC(=O)C1. The maximum absolute atomic E-state index is 12.8. The molecule has 0 aliphatic heterocycles. The summed E-state index contributed by atoms with van der Waals surface area (Å²) in [6.07, 6.45) is 1.80. The second-order valence-corrected chi connectivity index (χ2v) is 4.93. The van der Waals surface area contributed by atoms with Crippen molar-refractivity contribution in [1.82, 2.24) is 5.32 Å². The van der Waals surface area contributed by atoms with Crippen molar-refractivity contribution in [3.05, 3.63) is 59.1 Å². The zero-order valence-corrected chi connectivity index (χ0v) is 11.1. The first kappa shape index (κ1) is 13.5. The Balaban J connectivity index is 2.08. The van der Waals surface area contributed by atoms with Gasteiger partial charge in [0.25, 0.3) is 0 Å². The Kier molecular flexibility index (Phi) is 4.15. The summed E-state index contributed by atoms with van der Waals surface area (Å²) >= 11 is 0. The summed E-state index contributed by atoms with van der Waals surface area (Å²) in [5, 5.41) is 3.35. The van der Waals surface area contributed by atoms with Crippen LogP contribution in [0.1, 0.15) is 31.7 Å². The third kappa shape index (κ3) is 3.53. The topological polar surface area (TPSA) is 29.1 Å². The van der Waals surface area contributed by atoms with Crippen LogP contribution in [0.2, 0.25) is 0 Å². The standard InChI is InChI=1S/C16H18FNO/c1-11(2)15-9-14(19)7-8-16(15)18-10-12-3-5-13(17)6-4-12/h3-6,18H,1,7-10H2,2H3. The molecule has 0 bridgehead atoms. The van der Waals surface area contributed by atoms with Crippen LogP contribution in [0.15, 0.2) is 47.7 Å². The van der Waals surface area contributed by atoms with Crippen molar-refractivity contribution in [3.8, 4) is 0 Å². The number of Topliss-reactive ketones (excluding diaryl/α,β-unsaturated/α-hetero) is 1.